The van der Waals surface area contributed by atoms with Crippen molar-refractivity contribution in [2.75, 3.05) is 59.1 Å². The molecule has 3 fully saturated rings. The van der Waals surface area contributed by atoms with E-state index in [1.807, 2.05) is 0 Å². The molecule has 0 aromatic carbocycles. The smallest absolute Gasteiger partial charge is 0.0556 e. The van der Waals surface area contributed by atoms with Gasteiger partial charge in [-0.05, 0) is 31.6 Å². The lowest BCUT2D eigenvalue weighted by Gasteiger charge is -2.42. The molecule has 0 spiro atoms. The second kappa shape index (κ2) is 6.08. The fourth-order valence-corrected chi connectivity index (χ4v) is 3.48. The molecule has 2 aliphatic heterocycles. The van der Waals surface area contributed by atoms with E-state index in [0.29, 0.717) is 0 Å². The molecule has 4 heteroatoms. The van der Waals surface area contributed by atoms with Crippen LogP contribution < -0.4 is 0 Å². The van der Waals surface area contributed by atoms with Gasteiger partial charge in [-0.2, -0.15) is 0 Å². The van der Waals surface area contributed by atoms with Gasteiger partial charge in [-0.25, -0.2) is 0 Å². The molecule has 2 saturated heterocycles. The zero-order valence-electron chi connectivity index (χ0n) is 12.0. The minimum atomic E-state index is 0.0108. The average molecular weight is 268 g/mol. The first-order valence-corrected chi connectivity index (χ1v) is 7.93. The molecule has 0 aromatic heterocycles. The molecule has 2 heterocycles. The van der Waals surface area contributed by atoms with Crippen molar-refractivity contribution in [1.82, 2.24) is 9.80 Å². The number of rotatable bonds is 5. The number of aliphatic hydroxyl groups excluding tert-OH is 1. The molecule has 1 aliphatic carbocycles. The molecule has 3 rings (SSSR count). The van der Waals surface area contributed by atoms with Crippen LogP contribution in [0.4, 0.5) is 0 Å². The topological polar surface area (TPSA) is 35.9 Å². The number of ether oxygens (including phenoxy) is 1. The maximum absolute atomic E-state index is 9.73. The highest BCUT2D eigenvalue weighted by molar-refractivity contribution is 4.87. The highest BCUT2D eigenvalue weighted by atomic mass is 16.5. The van der Waals surface area contributed by atoms with E-state index in [-0.39, 0.29) is 12.0 Å². The van der Waals surface area contributed by atoms with Gasteiger partial charge in [0.1, 0.15) is 0 Å². The lowest BCUT2D eigenvalue weighted by molar-refractivity contribution is -0.0604. The van der Waals surface area contributed by atoms with Crippen LogP contribution in [0.5, 0.6) is 0 Å². The number of piperazine rings is 1. The van der Waals surface area contributed by atoms with Gasteiger partial charge in [-0.3, -0.25) is 0 Å². The van der Waals surface area contributed by atoms with Crippen LogP contribution in [0.3, 0.4) is 0 Å². The van der Waals surface area contributed by atoms with Gasteiger partial charge < -0.3 is 19.6 Å². The highest BCUT2D eigenvalue weighted by Gasteiger charge is 2.35. The number of hydrogen-bond donors (Lipinski definition) is 1. The Morgan fingerprint density at radius 1 is 1.11 bits per heavy atom. The quantitative estimate of drug-likeness (QED) is 0.800. The maximum atomic E-state index is 9.73. The van der Waals surface area contributed by atoms with Crippen LogP contribution in [-0.4, -0.2) is 74.0 Å². The summed E-state index contributed by atoms with van der Waals surface area (Å²) in [7, 11) is 0. The van der Waals surface area contributed by atoms with E-state index < -0.39 is 0 Å². The molecule has 0 amide bonds. The molecule has 3 aliphatic rings. The normalized spacial score (nSPS) is 34.6. The van der Waals surface area contributed by atoms with Crippen molar-refractivity contribution in [2.45, 2.75) is 25.7 Å². The van der Waals surface area contributed by atoms with Crippen molar-refractivity contribution in [1.29, 1.82) is 0 Å². The molecule has 19 heavy (non-hydrogen) atoms. The van der Waals surface area contributed by atoms with Crippen LogP contribution in [0.1, 0.15) is 25.7 Å². The van der Waals surface area contributed by atoms with Gasteiger partial charge in [-0.15, -0.1) is 0 Å². The zero-order valence-corrected chi connectivity index (χ0v) is 12.0. The van der Waals surface area contributed by atoms with Gasteiger partial charge >= 0.3 is 0 Å². The zero-order chi connectivity index (χ0) is 13.1. The molecular formula is C15H28N2O2. The van der Waals surface area contributed by atoms with E-state index in [1.54, 1.807) is 0 Å². The summed E-state index contributed by atoms with van der Waals surface area (Å²) >= 11 is 0. The van der Waals surface area contributed by atoms with Crippen molar-refractivity contribution in [3.05, 3.63) is 0 Å². The molecule has 1 saturated carbocycles. The van der Waals surface area contributed by atoms with Crippen LogP contribution in [0.15, 0.2) is 0 Å². The minimum Gasteiger partial charge on any atom is -0.396 e. The van der Waals surface area contributed by atoms with Crippen LogP contribution >= 0.6 is 0 Å². The number of hydrogen-bond acceptors (Lipinski definition) is 4. The third kappa shape index (κ3) is 3.69. The highest BCUT2D eigenvalue weighted by Crippen LogP contribution is 2.31. The Labute approximate surface area is 116 Å². The summed E-state index contributed by atoms with van der Waals surface area (Å²) < 4.78 is 5.60. The standard InChI is InChI=1S/C15H28N2O2/c18-12-15(4-1-9-19-13-15)11-17-7-5-16(6-8-17)10-14-2-3-14/h14,18H,1-13H2. The molecule has 0 aromatic rings. The van der Waals surface area contributed by atoms with Crippen molar-refractivity contribution in [3.63, 3.8) is 0 Å². The third-order valence-corrected chi connectivity index (χ3v) is 4.98. The molecule has 0 bridgehead atoms. The largest absolute Gasteiger partial charge is 0.396 e. The lowest BCUT2D eigenvalue weighted by atomic mass is 9.82. The second-order valence-corrected chi connectivity index (χ2v) is 6.83. The summed E-state index contributed by atoms with van der Waals surface area (Å²) in [6.07, 6.45) is 5.12. The lowest BCUT2D eigenvalue weighted by Crippen LogP contribution is -2.52. The van der Waals surface area contributed by atoms with Crippen LogP contribution in [-0.2, 0) is 4.74 Å². The van der Waals surface area contributed by atoms with Gasteiger partial charge in [0.2, 0.25) is 0 Å². The Kier molecular flexibility index (Phi) is 4.42. The Bertz CT molecular complexity index is 280. The van der Waals surface area contributed by atoms with Gasteiger partial charge in [-0.1, -0.05) is 0 Å². The number of nitrogens with zero attached hydrogens (tertiary/aromatic N) is 2. The monoisotopic (exact) mass is 268 g/mol. The Morgan fingerprint density at radius 2 is 1.84 bits per heavy atom. The summed E-state index contributed by atoms with van der Waals surface area (Å²) in [4.78, 5) is 5.16. The summed E-state index contributed by atoms with van der Waals surface area (Å²) in [6, 6.07) is 0. The molecular weight excluding hydrogens is 240 g/mol. The van der Waals surface area contributed by atoms with E-state index >= 15 is 0 Å². The molecule has 1 unspecified atom stereocenters. The third-order valence-electron chi connectivity index (χ3n) is 4.98. The summed E-state index contributed by atoms with van der Waals surface area (Å²) in [5.41, 5.74) is 0.0108. The second-order valence-electron chi connectivity index (χ2n) is 6.83. The SMILES string of the molecule is OCC1(CN2CCN(CC3CC3)CC2)CCCOC1. The Hall–Kier alpha value is -0.160. The van der Waals surface area contributed by atoms with Crippen molar-refractivity contribution in [2.24, 2.45) is 11.3 Å². The molecule has 4 nitrogen and oxygen atoms in total. The summed E-state index contributed by atoms with van der Waals surface area (Å²) in [6.45, 7) is 8.96. The summed E-state index contributed by atoms with van der Waals surface area (Å²) in [5.74, 6) is 1.00. The van der Waals surface area contributed by atoms with E-state index in [2.05, 4.69) is 9.80 Å². The molecule has 1 N–H and O–H groups in total. The van der Waals surface area contributed by atoms with Crippen LogP contribution in [0, 0.1) is 11.3 Å². The van der Waals surface area contributed by atoms with Gasteiger partial charge in [0.05, 0.1) is 13.2 Å². The number of aliphatic hydroxyl groups is 1. The van der Waals surface area contributed by atoms with Crippen LogP contribution in [0.25, 0.3) is 0 Å². The maximum Gasteiger partial charge on any atom is 0.0556 e. The van der Waals surface area contributed by atoms with Crippen LogP contribution in [0.2, 0.25) is 0 Å². The fraction of sp³-hybridized carbons (Fsp3) is 1.00. The van der Waals surface area contributed by atoms with Crippen molar-refractivity contribution in [3.8, 4) is 0 Å². The van der Waals surface area contributed by atoms with Gasteiger partial charge in [0.25, 0.3) is 0 Å². The molecule has 110 valence electrons. The van der Waals surface area contributed by atoms with E-state index in [9.17, 15) is 5.11 Å². The Morgan fingerprint density at radius 3 is 2.42 bits per heavy atom. The first-order valence-electron chi connectivity index (χ1n) is 7.93. The fourth-order valence-electron chi connectivity index (χ4n) is 3.48. The predicted octanol–water partition coefficient (Wildman–Crippen LogP) is 0.803. The van der Waals surface area contributed by atoms with Gasteiger partial charge in [0, 0.05) is 51.3 Å². The minimum absolute atomic E-state index is 0.0108. The first kappa shape index (κ1) is 13.8. The molecule has 1 atom stereocenters. The van der Waals surface area contributed by atoms with Gasteiger partial charge in [0.15, 0.2) is 0 Å². The molecule has 0 radical (unpaired) electrons. The predicted molar refractivity (Wildman–Crippen MR) is 75.2 cm³/mol. The average Bonchev–Trinajstić information content (AvgIpc) is 3.26. The van der Waals surface area contributed by atoms with Crippen molar-refractivity contribution < 1.29 is 9.84 Å². The van der Waals surface area contributed by atoms with E-state index in [1.165, 1.54) is 32.5 Å². The summed E-state index contributed by atoms with van der Waals surface area (Å²) in [5, 5.41) is 9.73. The Balaban J connectivity index is 1.44. The van der Waals surface area contributed by atoms with E-state index in [4.69, 9.17) is 4.74 Å². The van der Waals surface area contributed by atoms with E-state index in [0.717, 1.165) is 51.6 Å². The van der Waals surface area contributed by atoms with Crippen molar-refractivity contribution >= 4 is 0 Å². The first-order chi connectivity index (χ1) is 9.30.